The van der Waals surface area contributed by atoms with Gasteiger partial charge in [0.15, 0.2) is 0 Å². The molecule has 0 atom stereocenters. The first-order chi connectivity index (χ1) is 7.78. The van der Waals surface area contributed by atoms with Crippen LogP contribution in [-0.2, 0) is 0 Å². The first-order valence-corrected chi connectivity index (χ1v) is 5.79. The van der Waals surface area contributed by atoms with Crippen LogP contribution in [0.15, 0.2) is 6.07 Å². The van der Waals surface area contributed by atoms with Gasteiger partial charge in [0.2, 0.25) is 11.8 Å². The highest BCUT2D eigenvalue weighted by molar-refractivity contribution is 5.42. The van der Waals surface area contributed by atoms with Crippen molar-refractivity contribution in [3.05, 3.63) is 6.07 Å². The molecule has 1 aliphatic rings. The van der Waals surface area contributed by atoms with Crippen LogP contribution in [-0.4, -0.2) is 23.1 Å². The van der Waals surface area contributed by atoms with Crippen molar-refractivity contribution in [3.8, 4) is 5.88 Å². The highest BCUT2D eigenvalue weighted by Crippen LogP contribution is 2.29. The van der Waals surface area contributed by atoms with E-state index in [1.54, 1.807) is 6.07 Å². The number of hydrogen-bond acceptors (Lipinski definition) is 5. The molecule has 1 aliphatic carbocycles. The molecule has 1 heterocycles. The molecule has 16 heavy (non-hydrogen) atoms. The first-order valence-electron chi connectivity index (χ1n) is 5.79. The van der Waals surface area contributed by atoms with E-state index in [4.69, 9.17) is 10.5 Å². The molecule has 2 rings (SSSR count). The summed E-state index contributed by atoms with van der Waals surface area (Å²) in [6.07, 6.45) is 3.57. The Hall–Kier alpha value is -1.52. The molecule has 0 bridgehead atoms. The Morgan fingerprint density at radius 1 is 1.50 bits per heavy atom. The highest BCUT2D eigenvalue weighted by atomic mass is 16.5. The van der Waals surface area contributed by atoms with Crippen molar-refractivity contribution in [2.75, 3.05) is 24.2 Å². The molecule has 3 N–H and O–H groups in total. The van der Waals surface area contributed by atoms with E-state index in [1.165, 1.54) is 12.8 Å². The summed E-state index contributed by atoms with van der Waals surface area (Å²) in [5.74, 6) is 2.27. The predicted molar refractivity (Wildman–Crippen MR) is 63.4 cm³/mol. The van der Waals surface area contributed by atoms with Crippen molar-refractivity contribution in [1.82, 2.24) is 9.97 Å². The third-order valence-corrected chi connectivity index (χ3v) is 2.44. The van der Waals surface area contributed by atoms with Crippen molar-refractivity contribution < 1.29 is 4.74 Å². The minimum absolute atomic E-state index is 0.256. The van der Waals surface area contributed by atoms with Gasteiger partial charge in [-0.15, -0.1) is 0 Å². The van der Waals surface area contributed by atoms with E-state index < -0.39 is 0 Å². The lowest BCUT2D eigenvalue weighted by Gasteiger charge is -2.08. The minimum atomic E-state index is 0.256. The standard InChI is InChI=1S/C11H18N4O/c1-2-5-13-9-6-10(15-11(12)14-9)16-7-8-3-4-8/h6,8H,2-5,7H2,1H3,(H3,12,13,14,15). The van der Waals surface area contributed by atoms with Crippen LogP contribution in [0.3, 0.4) is 0 Å². The molecule has 1 aromatic heterocycles. The lowest BCUT2D eigenvalue weighted by molar-refractivity contribution is 0.288. The normalized spacial score (nSPS) is 14.8. The molecule has 0 amide bonds. The molecule has 0 saturated heterocycles. The molecule has 1 fully saturated rings. The molecule has 0 spiro atoms. The maximum absolute atomic E-state index is 5.61. The van der Waals surface area contributed by atoms with E-state index in [-0.39, 0.29) is 5.95 Å². The minimum Gasteiger partial charge on any atom is -0.477 e. The second-order valence-electron chi connectivity index (χ2n) is 4.13. The Morgan fingerprint density at radius 2 is 2.31 bits per heavy atom. The molecular formula is C11H18N4O. The van der Waals surface area contributed by atoms with Crippen molar-refractivity contribution >= 4 is 11.8 Å². The first kappa shape index (κ1) is 11.0. The molecule has 0 radical (unpaired) electrons. The van der Waals surface area contributed by atoms with Gasteiger partial charge in [-0.2, -0.15) is 9.97 Å². The van der Waals surface area contributed by atoms with E-state index in [2.05, 4.69) is 22.2 Å². The molecule has 88 valence electrons. The summed E-state index contributed by atoms with van der Waals surface area (Å²) < 4.78 is 5.56. The van der Waals surface area contributed by atoms with E-state index in [9.17, 15) is 0 Å². The smallest absolute Gasteiger partial charge is 0.225 e. The second-order valence-corrected chi connectivity index (χ2v) is 4.13. The molecule has 5 heteroatoms. The van der Waals surface area contributed by atoms with Gasteiger partial charge in [-0.25, -0.2) is 0 Å². The number of nitrogen functional groups attached to an aromatic ring is 1. The van der Waals surface area contributed by atoms with E-state index in [0.29, 0.717) is 11.8 Å². The largest absolute Gasteiger partial charge is 0.477 e. The van der Waals surface area contributed by atoms with Gasteiger partial charge in [-0.05, 0) is 25.2 Å². The molecule has 0 aliphatic heterocycles. The third-order valence-electron chi connectivity index (χ3n) is 2.44. The molecule has 1 aromatic rings. The topological polar surface area (TPSA) is 73.1 Å². The van der Waals surface area contributed by atoms with Crippen LogP contribution < -0.4 is 15.8 Å². The second kappa shape index (κ2) is 5.01. The number of nitrogens with two attached hydrogens (primary N) is 1. The maximum atomic E-state index is 5.61. The van der Waals surface area contributed by atoms with Crippen LogP contribution in [0.5, 0.6) is 5.88 Å². The zero-order chi connectivity index (χ0) is 11.4. The Bertz CT molecular complexity index is 352. The molecule has 5 nitrogen and oxygen atoms in total. The highest BCUT2D eigenvalue weighted by Gasteiger charge is 2.22. The number of nitrogens with one attached hydrogen (secondary N) is 1. The van der Waals surface area contributed by atoms with Crippen molar-refractivity contribution in [2.24, 2.45) is 5.92 Å². The summed E-state index contributed by atoms with van der Waals surface area (Å²) in [6, 6.07) is 1.80. The van der Waals surface area contributed by atoms with E-state index in [1.807, 2.05) is 0 Å². The Kier molecular flexibility index (Phi) is 3.44. The average molecular weight is 222 g/mol. The van der Waals surface area contributed by atoms with Gasteiger partial charge in [-0.3, -0.25) is 0 Å². The SMILES string of the molecule is CCCNc1cc(OCC2CC2)nc(N)n1. The number of hydrogen-bond donors (Lipinski definition) is 2. The number of ether oxygens (including phenoxy) is 1. The van der Waals surface area contributed by atoms with Gasteiger partial charge in [0, 0.05) is 12.6 Å². The van der Waals surface area contributed by atoms with Crippen LogP contribution in [0.1, 0.15) is 26.2 Å². The fraction of sp³-hybridized carbons (Fsp3) is 0.636. The lowest BCUT2D eigenvalue weighted by Crippen LogP contribution is -2.07. The number of rotatable bonds is 6. The molecule has 0 unspecified atom stereocenters. The Morgan fingerprint density at radius 3 is 3.00 bits per heavy atom. The number of aromatic nitrogens is 2. The third kappa shape index (κ3) is 3.25. The molecular weight excluding hydrogens is 204 g/mol. The zero-order valence-corrected chi connectivity index (χ0v) is 9.57. The van der Waals surface area contributed by atoms with Crippen LogP contribution in [0.4, 0.5) is 11.8 Å². The van der Waals surface area contributed by atoms with Gasteiger partial charge in [0.05, 0.1) is 6.61 Å². The van der Waals surface area contributed by atoms with Crippen LogP contribution in [0.25, 0.3) is 0 Å². The summed E-state index contributed by atoms with van der Waals surface area (Å²) in [4.78, 5) is 8.14. The monoisotopic (exact) mass is 222 g/mol. The molecule has 0 aromatic carbocycles. The fourth-order valence-electron chi connectivity index (χ4n) is 1.35. The van der Waals surface area contributed by atoms with Gasteiger partial charge >= 0.3 is 0 Å². The Labute approximate surface area is 95.4 Å². The van der Waals surface area contributed by atoms with Gasteiger partial charge in [0.1, 0.15) is 5.82 Å². The van der Waals surface area contributed by atoms with Crippen LogP contribution in [0.2, 0.25) is 0 Å². The van der Waals surface area contributed by atoms with Crippen molar-refractivity contribution in [1.29, 1.82) is 0 Å². The summed E-state index contributed by atoms with van der Waals surface area (Å²) in [7, 11) is 0. The number of anilines is 2. The van der Waals surface area contributed by atoms with Gasteiger partial charge < -0.3 is 15.8 Å². The molecule has 1 saturated carbocycles. The summed E-state index contributed by atoms with van der Waals surface area (Å²) >= 11 is 0. The van der Waals surface area contributed by atoms with E-state index >= 15 is 0 Å². The fourth-order valence-corrected chi connectivity index (χ4v) is 1.35. The van der Waals surface area contributed by atoms with Gasteiger partial charge in [-0.1, -0.05) is 6.92 Å². The van der Waals surface area contributed by atoms with Crippen molar-refractivity contribution in [2.45, 2.75) is 26.2 Å². The lowest BCUT2D eigenvalue weighted by atomic mass is 10.4. The van der Waals surface area contributed by atoms with Crippen molar-refractivity contribution in [3.63, 3.8) is 0 Å². The van der Waals surface area contributed by atoms with E-state index in [0.717, 1.165) is 25.4 Å². The summed E-state index contributed by atoms with van der Waals surface area (Å²) in [5, 5.41) is 3.17. The maximum Gasteiger partial charge on any atom is 0.225 e. The average Bonchev–Trinajstić information content (AvgIpc) is 3.07. The van der Waals surface area contributed by atoms with Crippen LogP contribution in [0, 0.1) is 5.92 Å². The van der Waals surface area contributed by atoms with Gasteiger partial charge in [0.25, 0.3) is 0 Å². The predicted octanol–water partition coefficient (Wildman–Crippen LogP) is 1.67. The summed E-state index contributed by atoms with van der Waals surface area (Å²) in [5.41, 5.74) is 5.61. The van der Waals surface area contributed by atoms with Crippen LogP contribution >= 0.6 is 0 Å². The zero-order valence-electron chi connectivity index (χ0n) is 9.57. The summed E-state index contributed by atoms with van der Waals surface area (Å²) in [6.45, 7) is 3.71. The number of nitrogens with zero attached hydrogens (tertiary/aromatic N) is 2. The quantitative estimate of drug-likeness (QED) is 0.766. The Balaban J connectivity index is 1.96.